The Morgan fingerprint density at radius 3 is 2.19 bits per heavy atom. The number of carbonyl (C=O) groups is 1. The number of halogens is 2. The second kappa shape index (κ2) is 10.5. The van der Waals surface area contributed by atoms with E-state index >= 15 is 0 Å². The van der Waals surface area contributed by atoms with Crippen LogP contribution in [-0.2, 0) is 21.2 Å². The highest BCUT2D eigenvalue weighted by Crippen LogP contribution is 2.25. The first kappa shape index (κ1) is 22.9. The molecule has 3 aromatic rings. The third kappa shape index (κ3) is 7.17. The molecule has 0 heterocycles. The molecule has 3 rings (SSSR count). The number of ether oxygens (including phenoxy) is 1. The first-order valence-electron chi connectivity index (χ1n) is 9.34. The summed E-state index contributed by atoms with van der Waals surface area (Å²) in [7, 11) is -3.84. The van der Waals surface area contributed by atoms with E-state index in [0.717, 1.165) is 12.0 Å². The molecule has 0 spiro atoms. The molecule has 9 heteroatoms. The Hall–Kier alpha value is -2.74. The normalized spacial score (nSPS) is 11.0. The average Bonchev–Trinajstić information content (AvgIpc) is 2.72. The summed E-state index contributed by atoms with van der Waals surface area (Å²) in [5.74, 6) is 0.120. The Bertz CT molecular complexity index is 1120. The molecule has 3 aromatic carbocycles. The monoisotopic (exact) mass is 478 g/mol. The number of carbonyl (C=O) groups excluding carboxylic acids is 1. The molecule has 0 aliphatic carbocycles. The lowest BCUT2D eigenvalue weighted by Gasteiger charge is -2.10. The van der Waals surface area contributed by atoms with Crippen molar-refractivity contribution in [3.8, 4) is 5.75 Å². The molecule has 0 fully saturated rings. The number of amides is 1. The molecular weight excluding hydrogens is 459 g/mol. The van der Waals surface area contributed by atoms with Gasteiger partial charge in [-0.3, -0.25) is 9.52 Å². The van der Waals surface area contributed by atoms with Crippen molar-refractivity contribution in [3.63, 3.8) is 0 Å². The van der Waals surface area contributed by atoms with Crippen molar-refractivity contribution in [3.05, 3.63) is 88.4 Å². The van der Waals surface area contributed by atoms with Crippen molar-refractivity contribution < 1.29 is 17.9 Å². The highest BCUT2D eigenvalue weighted by atomic mass is 35.5. The van der Waals surface area contributed by atoms with Crippen LogP contribution in [0.5, 0.6) is 5.75 Å². The van der Waals surface area contributed by atoms with E-state index in [1.54, 1.807) is 0 Å². The van der Waals surface area contributed by atoms with Gasteiger partial charge in [-0.25, -0.2) is 8.42 Å². The van der Waals surface area contributed by atoms with E-state index in [-0.39, 0.29) is 23.1 Å². The van der Waals surface area contributed by atoms with Crippen molar-refractivity contribution in [2.24, 2.45) is 0 Å². The van der Waals surface area contributed by atoms with Gasteiger partial charge < -0.3 is 10.1 Å². The van der Waals surface area contributed by atoms with E-state index in [9.17, 15) is 13.2 Å². The molecule has 0 radical (unpaired) electrons. The summed E-state index contributed by atoms with van der Waals surface area (Å²) in [6.45, 7) is 0.336. The molecule has 162 valence electrons. The molecule has 0 unspecified atom stereocenters. The average molecular weight is 479 g/mol. The largest absolute Gasteiger partial charge is 0.484 e. The molecule has 0 bridgehead atoms. The van der Waals surface area contributed by atoms with Crippen LogP contribution < -0.4 is 14.8 Å². The molecule has 0 saturated heterocycles. The Balaban J connectivity index is 1.50. The molecule has 0 aromatic heterocycles. The Morgan fingerprint density at radius 1 is 0.903 bits per heavy atom. The predicted molar refractivity (Wildman–Crippen MR) is 122 cm³/mol. The van der Waals surface area contributed by atoms with E-state index in [0.29, 0.717) is 22.3 Å². The van der Waals surface area contributed by atoms with Crippen molar-refractivity contribution in [2.45, 2.75) is 11.3 Å². The van der Waals surface area contributed by atoms with Gasteiger partial charge in [0.05, 0.1) is 10.6 Å². The summed E-state index contributed by atoms with van der Waals surface area (Å²) in [5.41, 5.74) is 1.39. The second-order valence-electron chi connectivity index (χ2n) is 6.61. The van der Waals surface area contributed by atoms with Gasteiger partial charge in [0.1, 0.15) is 5.75 Å². The fourth-order valence-electron chi connectivity index (χ4n) is 2.73. The molecule has 6 nitrogen and oxygen atoms in total. The SMILES string of the molecule is O=C(COc1ccc(S(=O)(=O)Nc2cc(Cl)cc(Cl)c2)cc1)NCCc1ccccc1. The first-order valence-corrected chi connectivity index (χ1v) is 11.6. The third-order valence-electron chi connectivity index (χ3n) is 4.20. The fraction of sp³-hybridized carbons (Fsp3) is 0.136. The molecule has 0 aliphatic heterocycles. The number of hydrogen-bond acceptors (Lipinski definition) is 4. The number of rotatable bonds is 9. The van der Waals surface area contributed by atoms with Crippen molar-refractivity contribution >= 4 is 44.8 Å². The number of benzene rings is 3. The topological polar surface area (TPSA) is 84.5 Å². The highest BCUT2D eigenvalue weighted by Gasteiger charge is 2.15. The molecule has 1 amide bonds. The van der Waals surface area contributed by atoms with Crippen LogP contribution in [0.1, 0.15) is 5.56 Å². The molecule has 0 aliphatic rings. The number of anilines is 1. The minimum atomic E-state index is -3.84. The van der Waals surface area contributed by atoms with Crippen molar-refractivity contribution in [1.29, 1.82) is 0 Å². The van der Waals surface area contributed by atoms with E-state index in [1.165, 1.54) is 42.5 Å². The van der Waals surface area contributed by atoms with E-state index in [4.69, 9.17) is 27.9 Å². The number of hydrogen-bond donors (Lipinski definition) is 2. The Labute approximate surface area is 191 Å². The van der Waals surface area contributed by atoms with Crippen LogP contribution in [0.4, 0.5) is 5.69 Å². The van der Waals surface area contributed by atoms with Crippen LogP contribution in [0.15, 0.2) is 77.7 Å². The molecule has 2 N–H and O–H groups in total. The van der Waals surface area contributed by atoms with Crippen LogP contribution in [0.3, 0.4) is 0 Å². The van der Waals surface area contributed by atoms with Gasteiger partial charge in [-0.1, -0.05) is 53.5 Å². The second-order valence-corrected chi connectivity index (χ2v) is 9.16. The molecular formula is C22H20Cl2N2O4S. The van der Waals surface area contributed by atoms with Crippen LogP contribution in [0, 0.1) is 0 Å². The standard InChI is InChI=1S/C22H20Cl2N2O4S/c23-17-12-18(24)14-19(13-17)26-31(28,29)21-8-6-20(7-9-21)30-15-22(27)25-11-10-16-4-2-1-3-5-16/h1-9,12-14,26H,10-11,15H2,(H,25,27). The van der Waals surface area contributed by atoms with Crippen molar-refractivity contribution in [1.82, 2.24) is 5.32 Å². The lowest BCUT2D eigenvalue weighted by molar-refractivity contribution is -0.123. The summed E-state index contributed by atoms with van der Waals surface area (Å²) in [4.78, 5) is 12.0. The van der Waals surface area contributed by atoms with E-state index in [1.807, 2.05) is 30.3 Å². The molecule has 0 saturated carbocycles. The van der Waals surface area contributed by atoms with Crippen LogP contribution in [-0.4, -0.2) is 27.5 Å². The maximum absolute atomic E-state index is 12.5. The maximum atomic E-state index is 12.5. The number of sulfonamides is 1. The summed E-state index contributed by atoms with van der Waals surface area (Å²) in [6.07, 6.45) is 0.726. The molecule has 31 heavy (non-hydrogen) atoms. The lowest BCUT2D eigenvalue weighted by atomic mass is 10.1. The van der Waals surface area contributed by atoms with E-state index < -0.39 is 10.0 Å². The first-order chi connectivity index (χ1) is 14.8. The van der Waals surface area contributed by atoms with Crippen LogP contribution in [0.2, 0.25) is 10.0 Å². The van der Waals surface area contributed by atoms with E-state index in [2.05, 4.69) is 10.0 Å². The summed E-state index contributed by atoms with van der Waals surface area (Å²) < 4.78 is 32.9. The van der Waals surface area contributed by atoms with Crippen molar-refractivity contribution in [2.75, 3.05) is 17.9 Å². The summed E-state index contributed by atoms with van der Waals surface area (Å²) in [5, 5.41) is 3.41. The Morgan fingerprint density at radius 2 is 1.55 bits per heavy atom. The number of nitrogens with one attached hydrogen (secondary N) is 2. The van der Waals surface area contributed by atoms with Crippen LogP contribution in [0.25, 0.3) is 0 Å². The Kier molecular flexibility index (Phi) is 7.79. The highest BCUT2D eigenvalue weighted by molar-refractivity contribution is 7.92. The van der Waals surface area contributed by atoms with Gasteiger partial charge in [0.25, 0.3) is 15.9 Å². The third-order valence-corrected chi connectivity index (χ3v) is 6.03. The van der Waals surface area contributed by atoms with Crippen LogP contribution >= 0.6 is 23.2 Å². The van der Waals surface area contributed by atoms with Gasteiger partial charge in [-0.2, -0.15) is 0 Å². The van der Waals surface area contributed by atoms with Gasteiger partial charge in [-0.15, -0.1) is 0 Å². The van der Waals surface area contributed by atoms with Gasteiger partial charge >= 0.3 is 0 Å². The quantitative estimate of drug-likeness (QED) is 0.472. The minimum absolute atomic E-state index is 0.0308. The van der Waals surface area contributed by atoms with Gasteiger partial charge in [-0.05, 0) is 54.4 Å². The summed E-state index contributed by atoms with van der Waals surface area (Å²) >= 11 is 11.8. The zero-order valence-electron chi connectivity index (χ0n) is 16.3. The summed E-state index contributed by atoms with van der Waals surface area (Å²) in [6, 6.07) is 20.0. The zero-order valence-corrected chi connectivity index (χ0v) is 18.7. The predicted octanol–water partition coefficient (Wildman–Crippen LogP) is 4.53. The maximum Gasteiger partial charge on any atom is 0.261 e. The lowest BCUT2D eigenvalue weighted by Crippen LogP contribution is -2.30. The van der Waals surface area contributed by atoms with Gasteiger partial charge in [0.15, 0.2) is 6.61 Å². The van der Waals surface area contributed by atoms with Gasteiger partial charge in [0, 0.05) is 16.6 Å². The fourth-order valence-corrected chi connectivity index (χ4v) is 4.30. The smallest absolute Gasteiger partial charge is 0.261 e. The molecule has 0 atom stereocenters. The zero-order chi connectivity index (χ0) is 22.3. The minimum Gasteiger partial charge on any atom is -0.484 e. The van der Waals surface area contributed by atoms with Gasteiger partial charge in [0.2, 0.25) is 0 Å².